The molecule has 1 fully saturated rings. The topological polar surface area (TPSA) is 33.1 Å². The lowest BCUT2D eigenvalue weighted by Gasteiger charge is -2.38. The lowest BCUT2D eigenvalue weighted by molar-refractivity contribution is 0.211. The van der Waals surface area contributed by atoms with Crippen molar-refractivity contribution >= 4 is 11.8 Å². The maximum absolute atomic E-state index is 4.55. The summed E-state index contributed by atoms with van der Waals surface area (Å²) >= 11 is 2.08. The van der Waals surface area contributed by atoms with E-state index in [1.165, 1.54) is 30.3 Å². The number of imidazole rings is 1. The Kier molecular flexibility index (Phi) is 6.39. The van der Waals surface area contributed by atoms with E-state index in [1.807, 2.05) is 6.20 Å². The highest BCUT2D eigenvalue weighted by Gasteiger charge is 2.28. The first-order valence-electron chi connectivity index (χ1n) is 7.77. The quantitative estimate of drug-likeness (QED) is 0.832. The van der Waals surface area contributed by atoms with Crippen molar-refractivity contribution in [2.24, 2.45) is 0 Å². The Hall–Kier alpha value is -0.520. The van der Waals surface area contributed by atoms with Crippen LogP contribution < -0.4 is 5.32 Å². The van der Waals surface area contributed by atoms with E-state index in [0.717, 1.165) is 19.5 Å². The molecule has 1 aliphatic heterocycles. The van der Waals surface area contributed by atoms with Crippen LogP contribution in [0.2, 0.25) is 0 Å². The summed E-state index contributed by atoms with van der Waals surface area (Å²) in [6.45, 7) is 7.71. The number of aryl methyl sites for hydroxylation is 1. The molecule has 0 spiro atoms. The zero-order valence-electron chi connectivity index (χ0n) is 13.0. The lowest BCUT2D eigenvalue weighted by Crippen LogP contribution is -2.54. The number of nitrogens with zero attached hydrogens (tertiary/aromatic N) is 3. The van der Waals surface area contributed by atoms with Gasteiger partial charge in [0.25, 0.3) is 0 Å². The fraction of sp³-hybridized carbons (Fsp3) is 0.800. The molecule has 2 unspecified atom stereocenters. The van der Waals surface area contributed by atoms with Crippen LogP contribution in [-0.2, 0) is 13.0 Å². The van der Waals surface area contributed by atoms with E-state index in [-0.39, 0.29) is 0 Å². The highest BCUT2D eigenvalue weighted by atomic mass is 32.2. The molecule has 1 aromatic heterocycles. The molecular weight excluding hydrogens is 268 g/mol. The van der Waals surface area contributed by atoms with E-state index < -0.39 is 0 Å². The molecule has 1 aromatic rings. The molecule has 114 valence electrons. The van der Waals surface area contributed by atoms with Gasteiger partial charge in [-0.2, -0.15) is 11.8 Å². The van der Waals surface area contributed by atoms with Crippen LogP contribution >= 0.6 is 11.8 Å². The van der Waals surface area contributed by atoms with Crippen molar-refractivity contribution in [1.29, 1.82) is 0 Å². The van der Waals surface area contributed by atoms with Crippen LogP contribution in [0.25, 0.3) is 0 Å². The summed E-state index contributed by atoms with van der Waals surface area (Å²) in [5.41, 5.74) is 0. The molecule has 2 rings (SSSR count). The maximum atomic E-state index is 4.55. The monoisotopic (exact) mass is 296 g/mol. The second kappa shape index (κ2) is 8.05. The number of hydrogen-bond acceptors (Lipinski definition) is 4. The smallest absolute Gasteiger partial charge is 0.110 e. The second-order valence-corrected chi connectivity index (χ2v) is 6.67. The van der Waals surface area contributed by atoms with Gasteiger partial charge in [0, 0.05) is 55.5 Å². The minimum absolute atomic E-state index is 0.500. The van der Waals surface area contributed by atoms with Gasteiger partial charge in [-0.15, -0.1) is 0 Å². The van der Waals surface area contributed by atoms with Gasteiger partial charge in [0.15, 0.2) is 0 Å². The van der Waals surface area contributed by atoms with Crippen molar-refractivity contribution in [3.63, 3.8) is 0 Å². The Bertz CT molecular complexity index is 393. The molecule has 4 nitrogen and oxygen atoms in total. The van der Waals surface area contributed by atoms with Crippen molar-refractivity contribution in [1.82, 2.24) is 19.8 Å². The van der Waals surface area contributed by atoms with E-state index in [1.54, 1.807) is 0 Å². The zero-order valence-corrected chi connectivity index (χ0v) is 13.8. The van der Waals surface area contributed by atoms with E-state index in [9.17, 15) is 0 Å². The Morgan fingerprint density at radius 2 is 2.35 bits per heavy atom. The third-order valence-corrected chi connectivity index (χ3v) is 5.16. The molecule has 0 radical (unpaired) electrons. The molecule has 20 heavy (non-hydrogen) atoms. The molecule has 0 bridgehead atoms. The average molecular weight is 296 g/mol. The number of nitrogens with one attached hydrogen (secondary N) is 1. The van der Waals surface area contributed by atoms with Gasteiger partial charge < -0.3 is 14.8 Å². The Balaban J connectivity index is 2.06. The number of hydrogen-bond donors (Lipinski definition) is 1. The van der Waals surface area contributed by atoms with Gasteiger partial charge in [-0.05, 0) is 26.9 Å². The van der Waals surface area contributed by atoms with Crippen LogP contribution in [0.4, 0.5) is 0 Å². The summed E-state index contributed by atoms with van der Waals surface area (Å²) in [5.74, 6) is 3.70. The predicted octanol–water partition coefficient (Wildman–Crippen LogP) is 1.86. The largest absolute Gasteiger partial charge is 0.335 e. The van der Waals surface area contributed by atoms with Crippen LogP contribution in [0.5, 0.6) is 0 Å². The summed E-state index contributed by atoms with van der Waals surface area (Å²) in [4.78, 5) is 7.07. The number of thioether (sulfide) groups is 1. The summed E-state index contributed by atoms with van der Waals surface area (Å²) in [6, 6.07) is 1.11. The van der Waals surface area contributed by atoms with Gasteiger partial charge in [-0.3, -0.25) is 0 Å². The standard InChI is InChI=1S/C15H28N4S/c1-4-6-16-13(14-12-20-10-9-18(14)3)11-15-17-7-8-19(15)5-2/h7-8,13-14,16H,4-6,9-12H2,1-3H3. The molecule has 1 aliphatic rings. The third-order valence-electron chi connectivity index (χ3n) is 4.11. The fourth-order valence-electron chi connectivity index (χ4n) is 2.82. The van der Waals surface area contributed by atoms with Gasteiger partial charge in [0.2, 0.25) is 0 Å². The molecule has 0 amide bonds. The first kappa shape index (κ1) is 15.9. The van der Waals surface area contributed by atoms with Crippen molar-refractivity contribution in [2.45, 2.75) is 45.3 Å². The van der Waals surface area contributed by atoms with Crippen molar-refractivity contribution in [3.05, 3.63) is 18.2 Å². The molecular formula is C15H28N4S. The van der Waals surface area contributed by atoms with Crippen molar-refractivity contribution in [3.8, 4) is 0 Å². The van der Waals surface area contributed by atoms with Crippen LogP contribution in [0, 0.1) is 0 Å². The molecule has 1 N–H and O–H groups in total. The summed E-state index contributed by atoms with van der Waals surface area (Å²) in [5, 5.41) is 3.75. The normalized spacial score (nSPS) is 22.1. The third kappa shape index (κ3) is 3.99. The highest BCUT2D eigenvalue weighted by Crippen LogP contribution is 2.19. The van der Waals surface area contributed by atoms with Crippen LogP contribution in [0.3, 0.4) is 0 Å². The summed E-state index contributed by atoms with van der Waals surface area (Å²) in [6.07, 6.45) is 6.22. The molecule has 5 heteroatoms. The van der Waals surface area contributed by atoms with Crippen LogP contribution in [0.1, 0.15) is 26.1 Å². The number of likely N-dealkylation sites (N-methyl/N-ethyl adjacent to an activating group) is 1. The SMILES string of the molecule is CCCNC(Cc1nccn1CC)C1CSCCN1C. The van der Waals surface area contributed by atoms with Crippen LogP contribution in [-0.4, -0.2) is 58.2 Å². The Morgan fingerprint density at radius 3 is 3.05 bits per heavy atom. The predicted molar refractivity (Wildman–Crippen MR) is 87.4 cm³/mol. The molecule has 0 aromatic carbocycles. The van der Waals surface area contributed by atoms with E-state index in [2.05, 4.69) is 58.6 Å². The Morgan fingerprint density at radius 1 is 1.50 bits per heavy atom. The highest BCUT2D eigenvalue weighted by molar-refractivity contribution is 7.99. The van der Waals surface area contributed by atoms with Crippen LogP contribution in [0.15, 0.2) is 12.4 Å². The second-order valence-electron chi connectivity index (χ2n) is 5.52. The lowest BCUT2D eigenvalue weighted by atomic mass is 10.0. The number of aromatic nitrogens is 2. The van der Waals surface area contributed by atoms with Gasteiger partial charge in [0.1, 0.15) is 5.82 Å². The summed E-state index contributed by atoms with van der Waals surface area (Å²) in [7, 11) is 2.26. The minimum Gasteiger partial charge on any atom is -0.335 e. The molecule has 0 saturated carbocycles. The van der Waals surface area contributed by atoms with Crippen molar-refractivity contribution < 1.29 is 0 Å². The average Bonchev–Trinajstić information content (AvgIpc) is 2.91. The molecule has 1 saturated heterocycles. The zero-order chi connectivity index (χ0) is 14.4. The fourth-order valence-corrected chi connectivity index (χ4v) is 4.13. The van der Waals surface area contributed by atoms with Gasteiger partial charge in [-0.25, -0.2) is 4.98 Å². The van der Waals surface area contributed by atoms with Crippen molar-refractivity contribution in [2.75, 3.05) is 31.6 Å². The molecule has 0 aliphatic carbocycles. The van der Waals surface area contributed by atoms with E-state index in [4.69, 9.17) is 0 Å². The molecule has 2 atom stereocenters. The van der Waals surface area contributed by atoms with E-state index >= 15 is 0 Å². The summed E-state index contributed by atoms with van der Waals surface area (Å²) < 4.78 is 2.26. The minimum atomic E-state index is 0.500. The van der Waals surface area contributed by atoms with Gasteiger partial charge in [0.05, 0.1) is 0 Å². The Labute approximate surface area is 127 Å². The number of rotatable bonds is 7. The first-order valence-corrected chi connectivity index (χ1v) is 8.93. The first-order chi connectivity index (χ1) is 9.76. The van der Waals surface area contributed by atoms with Gasteiger partial charge in [-0.1, -0.05) is 6.92 Å². The van der Waals surface area contributed by atoms with E-state index in [0.29, 0.717) is 12.1 Å². The van der Waals surface area contributed by atoms with Gasteiger partial charge >= 0.3 is 0 Å². The molecule has 2 heterocycles. The maximum Gasteiger partial charge on any atom is 0.110 e.